The third-order valence-electron chi connectivity index (χ3n) is 3.87. The molecule has 0 aromatic heterocycles. The Hall–Kier alpha value is -3.26. The summed E-state index contributed by atoms with van der Waals surface area (Å²) < 4.78 is 16.1. The van der Waals surface area contributed by atoms with E-state index in [4.69, 9.17) is 25.8 Å². The molecule has 0 fully saturated rings. The molecule has 2 N–H and O–H groups in total. The van der Waals surface area contributed by atoms with Crippen molar-refractivity contribution in [1.82, 2.24) is 10.7 Å². The van der Waals surface area contributed by atoms with Gasteiger partial charge in [-0.2, -0.15) is 5.10 Å². The van der Waals surface area contributed by atoms with Gasteiger partial charge in [0.2, 0.25) is 6.79 Å². The van der Waals surface area contributed by atoms with Gasteiger partial charge in [-0.3, -0.25) is 9.59 Å². The number of nitrogens with one attached hydrogen (secondary N) is 2. The smallest absolute Gasteiger partial charge is 0.259 e. The average Bonchev–Trinajstić information content (AvgIpc) is 3.19. The molecule has 1 aliphatic heterocycles. The molecule has 0 radical (unpaired) electrons. The van der Waals surface area contributed by atoms with Gasteiger partial charge in [0.05, 0.1) is 19.4 Å². The highest BCUT2D eigenvalue weighted by molar-refractivity contribution is 6.30. The van der Waals surface area contributed by atoms with Crippen LogP contribution in [0.1, 0.15) is 29.3 Å². The van der Waals surface area contributed by atoms with Gasteiger partial charge < -0.3 is 19.5 Å². The maximum Gasteiger partial charge on any atom is 0.259 e. The second-order valence-electron chi connectivity index (χ2n) is 6.07. The molecule has 8 nitrogen and oxygen atoms in total. The normalized spacial score (nSPS) is 12.1. The van der Waals surface area contributed by atoms with E-state index < -0.39 is 11.8 Å². The van der Waals surface area contributed by atoms with E-state index >= 15 is 0 Å². The van der Waals surface area contributed by atoms with Crippen LogP contribution in [0.2, 0.25) is 5.02 Å². The highest BCUT2D eigenvalue weighted by Gasteiger charge is 2.16. The number of carbonyl (C=O) groups is 2. The van der Waals surface area contributed by atoms with Gasteiger partial charge in [-0.15, -0.1) is 0 Å². The van der Waals surface area contributed by atoms with E-state index in [-0.39, 0.29) is 13.3 Å². The number of carbonyl (C=O) groups excluding carboxylic acids is 2. The van der Waals surface area contributed by atoms with E-state index in [0.29, 0.717) is 40.0 Å². The number of hydrazone groups is 1. The van der Waals surface area contributed by atoms with E-state index in [1.807, 2.05) is 6.92 Å². The Bertz CT molecular complexity index is 932. The first-order valence-corrected chi connectivity index (χ1v) is 9.36. The number of amides is 2. The minimum atomic E-state index is -0.478. The van der Waals surface area contributed by atoms with Crippen LogP contribution in [0.3, 0.4) is 0 Å². The van der Waals surface area contributed by atoms with E-state index in [2.05, 4.69) is 15.8 Å². The summed E-state index contributed by atoms with van der Waals surface area (Å²) in [4.78, 5) is 24.1. The average molecular weight is 418 g/mol. The molecule has 0 saturated carbocycles. The van der Waals surface area contributed by atoms with Gasteiger partial charge in [-0.1, -0.05) is 18.5 Å². The number of rotatable bonds is 8. The Balaban J connectivity index is 1.51. The fourth-order valence-corrected chi connectivity index (χ4v) is 2.66. The third-order valence-corrected chi connectivity index (χ3v) is 4.11. The molecule has 1 aliphatic rings. The molecule has 9 heteroatoms. The van der Waals surface area contributed by atoms with Gasteiger partial charge in [-0.25, -0.2) is 5.43 Å². The van der Waals surface area contributed by atoms with E-state index in [1.54, 1.807) is 36.4 Å². The maximum absolute atomic E-state index is 12.2. The van der Waals surface area contributed by atoms with Crippen molar-refractivity contribution in [3.8, 4) is 17.2 Å². The van der Waals surface area contributed by atoms with Gasteiger partial charge in [-0.05, 0) is 42.8 Å². The molecule has 0 bridgehead atoms. The SMILES string of the molecule is CCCOc1ccc(Cl)cc1/C=N/NC(=O)CNC(=O)c1ccc2c(c1)OCO2. The van der Waals surface area contributed by atoms with E-state index in [1.165, 1.54) is 6.21 Å². The maximum atomic E-state index is 12.2. The summed E-state index contributed by atoms with van der Waals surface area (Å²) >= 11 is 6.00. The Kier molecular flexibility index (Phi) is 6.91. The van der Waals surface area contributed by atoms with Crippen molar-refractivity contribution in [3.05, 3.63) is 52.5 Å². The molecule has 0 unspecified atom stereocenters. The topological polar surface area (TPSA) is 98.2 Å². The van der Waals surface area contributed by atoms with Crippen LogP contribution in [-0.4, -0.2) is 38.0 Å². The molecule has 1 heterocycles. The zero-order valence-electron chi connectivity index (χ0n) is 15.7. The molecule has 0 atom stereocenters. The number of nitrogens with zero attached hydrogens (tertiary/aromatic N) is 1. The lowest BCUT2D eigenvalue weighted by Gasteiger charge is -2.08. The van der Waals surface area contributed by atoms with Crippen LogP contribution in [-0.2, 0) is 4.79 Å². The summed E-state index contributed by atoms with van der Waals surface area (Å²) in [5, 5.41) is 6.94. The molecule has 152 valence electrons. The van der Waals surface area contributed by atoms with Crippen molar-refractivity contribution < 1.29 is 23.8 Å². The first-order valence-electron chi connectivity index (χ1n) is 8.99. The zero-order valence-corrected chi connectivity index (χ0v) is 16.5. The Morgan fingerprint density at radius 2 is 2.03 bits per heavy atom. The highest BCUT2D eigenvalue weighted by Crippen LogP contribution is 2.32. The minimum absolute atomic E-state index is 0.124. The fraction of sp³-hybridized carbons (Fsp3) is 0.250. The lowest BCUT2D eigenvalue weighted by molar-refractivity contribution is -0.120. The van der Waals surface area contributed by atoms with Crippen LogP contribution in [0.15, 0.2) is 41.5 Å². The summed E-state index contributed by atoms with van der Waals surface area (Å²) in [5.74, 6) is 0.803. The molecule has 0 aliphatic carbocycles. The first-order chi connectivity index (χ1) is 14.1. The number of benzene rings is 2. The lowest BCUT2D eigenvalue weighted by Crippen LogP contribution is -2.34. The van der Waals surface area contributed by atoms with Crippen molar-refractivity contribution in [3.63, 3.8) is 0 Å². The molecule has 0 saturated heterocycles. The second-order valence-corrected chi connectivity index (χ2v) is 6.51. The van der Waals surface area contributed by atoms with Gasteiger partial charge in [0, 0.05) is 16.1 Å². The highest BCUT2D eigenvalue weighted by atomic mass is 35.5. The standard InChI is InChI=1S/C20H20ClN3O5/c1-2-7-27-16-6-4-15(21)8-14(16)10-23-24-19(25)11-22-20(26)13-3-5-17-18(9-13)29-12-28-17/h3-6,8-10H,2,7,11-12H2,1H3,(H,22,26)(H,24,25)/b23-10+. The fourth-order valence-electron chi connectivity index (χ4n) is 2.48. The van der Waals surface area contributed by atoms with Crippen molar-refractivity contribution in [1.29, 1.82) is 0 Å². The van der Waals surface area contributed by atoms with Crippen molar-refractivity contribution >= 4 is 29.6 Å². The van der Waals surface area contributed by atoms with Crippen LogP contribution >= 0.6 is 11.6 Å². The zero-order chi connectivity index (χ0) is 20.6. The second kappa shape index (κ2) is 9.79. The number of ether oxygens (including phenoxy) is 3. The van der Waals surface area contributed by atoms with Crippen LogP contribution < -0.4 is 25.0 Å². The number of fused-ring (bicyclic) bond motifs is 1. The van der Waals surface area contributed by atoms with Crippen LogP contribution in [0, 0.1) is 0 Å². The van der Waals surface area contributed by atoms with Crippen LogP contribution in [0.25, 0.3) is 0 Å². The van der Waals surface area contributed by atoms with Gasteiger partial charge >= 0.3 is 0 Å². The van der Waals surface area contributed by atoms with Gasteiger partial charge in [0.25, 0.3) is 11.8 Å². The lowest BCUT2D eigenvalue weighted by atomic mass is 10.2. The molecule has 2 aromatic rings. The number of hydrogen-bond donors (Lipinski definition) is 2. The largest absolute Gasteiger partial charge is 0.493 e. The van der Waals surface area contributed by atoms with E-state index in [9.17, 15) is 9.59 Å². The number of halogens is 1. The predicted molar refractivity (Wildman–Crippen MR) is 108 cm³/mol. The van der Waals surface area contributed by atoms with Gasteiger partial charge in [0.15, 0.2) is 11.5 Å². The monoisotopic (exact) mass is 417 g/mol. The van der Waals surface area contributed by atoms with E-state index in [0.717, 1.165) is 6.42 Å². The van der Waals surface area contributed by atoms with Crippen molar-refractivity contribution in [2.24, 2.45) is 5.10 Å². The third kappa shape index (κ3) is 5.61. The van der Waals surface area contributed by atoms with Crippen LogP contribution in [0.4, 0.5) is 0 Å². The minimum Gasteiger partial charge on any atom is -0.493 e. The summed E-state index contributed by atoms with van der Waals surface area (Å²) in [6.45, 7) is 2.44. The Labute approximate surface area is 172 Å². The molecule has 2 aromatic carbocycles. The molecular formula is C20H20ClN3O5. The molecule has 0 spiro atoms. The molecule has 3 rings (SSSR count). The van der Waals surface area contributed by atoms with Crippen molar-refractivity contribution in [2.75, 3.05) is 19.9 Å². The quantitative estimate of drug-likeness (QED) is 0.508. The molecule has 2 amide bonds. The van der Waals surface area contributed by atoms with Crippen molar-refractivity contribution in [2.45, 2.75) is 13.3 Å². The molecular weight excluding hydrogens is 398 g/mol. The Morgan fingerprint density at radius 3 is 2.86 bits per heavy atom. The first kappa shape index (κ1) is 20.5. The van der Waals surface area contributed by atoms with Crippen LogP contribution in [0.5, 0.6) is 17.2 Å². The number of hydrogen-bond acceptors (Lipinski definition) is 6. The summed E-state index contributed by atoms with van der Waals surface area (Å²) in [6.07, 6.45) is 2.30. The summed E-state index contributed by atoms with van der Waals surface area (Å²) in [5.41, 5.74) is 3.35. The summed E-state index contributed by atoms with van der Waals surface area (Å²) in [7, 11) is 0. The Morgan fingerprint density at radius 1 is 1.21 bits per heavy atom. The molecule has 29 heavy (non-hydrogen) atoms. The predicted octanol–water partition coefficient (Wildman–Crippen LogP) is 2.74. The van der Waals surface area contributed by atoms with Gasteiger partial charge in [0.1, 0.15) is 5.75 Å². The summed E-state index contributed by atoms with van der Waals surface area (Å²) in [6, 6.07) is 9.94.